The molecular weight excluding hydrogens is 356 g/mol. The SMILES string of the molecule is CCc1c(C)cc(C(=O)N2CCCC(c3nccn3CCOC)C2)c(=O)n1C. The average Bonchev–Trinajstić information content (AvgIpc) is 3.17. The second-order valence-electron chi connectivity index (χ2n) is 7.47. The number of aromatic nitrogens is 3. The highest BCUT2D eigenvalue weighted by Crippen LogP contribution is 2.26. The minimum Gasteiger partial charge on any atom is -0.383 e. The summed E-state index contributed by atoms with van der Waals surface area (Å²) in [7, 11) is 3.43. The largest absolute Gasteiger partial charge is 0.383 e. The van der Waals surface area contributed by atoms with Crippen molar-refractivity contribution in [3.05, 3.63) is 51.5 Å². The molecule has 1 unspecified atom stereocenters. The average molecular weight is 386 g/mol. The number of carbonyl (C=O) groups is 1. The number of ether oxygens (including phenoxy) is 1. The molecule has 1 saturated heterocycles. The van der Waals surface area contributed by atoms with Gasteiger partial charge in [0.2, 0.25) is 0 Å². The molecular formula is C21H30N4O3. The van der Waals surface area contributed by atoms with Crippen LogP contribution in [0.15, 0.2) is 23.3 Å². The van der Waals surface area contributed by atoms with Crippen molar-refractivity contribution in [3.63, 3.8) is 0 Å². The number of imidazole rings is 1. The van der Waals surface area contributed by atoms with E-state index in [1.54, 1.807) is 31.0 Å². The fourth-order valence-electron chi connectivity index (χ4n) is 4.20. The van der Waals surface area contributed by atoms with E-state index in [2.05, 4.69) is 9.55 Å². The number of hydrogen-bond donors (Lipinski definition) is 0. The van der Waals surface area contributed by atoms with Gasteiger partial charge in [0.25, 0.3) is 11.5 Å². The summed E-state index contributed by atoms with van der Waals surface area (Å²) >= 11 is 0. The zero-order valence-corrected chi connectivity index (χ0v) is 17.3. The third-order valence-corrected chi connectivity index (χ3v) is 5.68. The molecule has 0 saturated carbocycles. The van der Waals surface area contributed by atoms with Crippen molar-refractivity contribution >= 4 is 5.91 Å². The summed E-state index contributed by atoms with van der Waals surface area (Å²) in [4.78, 5) is 32.3. The van der Waals surface area contributed by atoms with Crippen LogP contribution in [-0.4, -0.2) is 51.7 Å². The van der Waals surface area contributed by atoms with E-state index < -0.39 is 0 Å². The Hall–Kier alpha value is -2.41. The maximum absolute atomic E-state index is 13.2. The number of carbonyl (C=O) groups excluding carboxylic acids is 1. The molecule has 1 atom stereocenters. The highest BCUT2D eigenvalue weighted by atomic mass is 16.5. The second-order valence-corrected chi connectivity index (χ2v) is 7.47. The molecule has 152 valence electrons. The van der Waals surface area contributed by atoms with Crippen LogP contribution >= 0.6 is 0 Å². The predicted octanol–water partition coefficient (Wildman–Crippen LogP) is 2.12. The van der Waals surface area contributed by atoms with Gasteiger partial charge in [0.15, 0.2) is 0 Å². The number of rotatable bonds is 6. The molecule has 7 heteroatoms. The van der Waals surface area contributed by atoms with Crippen molar-refractivity contribution in [1.29, 1.82) is 0 Å². The number of nitrogens with zero attached hydrogens (tertiary/aromatic N) is 4. The van der Waals surface area contributed by atoms with Gasteiger partial charge in [-0.15, -0.1) is 0 Å². The van der Waals surface area contributed by atoms with Gasteiger partial charge in [-0.1, -0.05) is 6.92 Å². The van der Waals surface area contributed by atoms with Crippen molar-refractivity contribution in [2.24, 2.45) is 7.05 Å². The lowest BCUT2D eigenvalue weighted by molar-refractivity contribution is 0.0700. The molecule has 2 aromatic rings. The van der Waals surface area contributed by atoms with E-state index in [0.717, 1.165) is 42.9 Å². The number of methoxy groups -OCH3 is 1. The van der Waals surface area contributed by atoms with Gasteiger partial charge in [-0.3, -0.25) is 9.59 Å². The topological polar surface area (TPSA) is 69.4 Å². The first-order valence-corrected chi connectivity index (χ1v) is 9.96. The molecule has 28 heavy (non-hydrogen) atoms. The number of likely N-dealkylation sites (tertiary alicyclic amines) is 1. The van der Waals surface area contributed by atoms with Crippen LogP contribution in [0.5, 0.6) is 0 Å². The summed E-state index contributed by atoms with van der Waals surface area (Å²) in [5.41, 5.74) is 2.01. The first-order valence-electron chi connectivity index (χ1n) is 9.96. The fraction of sp³-hybridized carbons (Fsp3) is 0.571. The minimum absolute atomic E-state index is 0.171. The van der Waals surface area contributed by atoms with E-state index in [0.29, 0.717) is 19.7 Å². The Morgan fingerprint density at radius 2 is 2.18 bits per heavy atom. The Morgan fingerprint density at radius 3 is 2.89 bits per heavy atom. The molecule has 0 aromatic carbocycles. The number of amides is 1. The second kappa shape index (κ2) is 8.73. The summed E-state index contributed by atoms with van der Waals surface area (Å²) in [5.74, 6) is 0.982. The van der Waals surface area contributed by atoms with Gasteiger partial charge in [0.1, 0.15) is 11.4 Å². The van der Waals surface area contributed by atoms with Gasteiger partial charge in [0, 0.05) is 57.8 Å². The Labute approximate surface area is 165 Å². The maximum atomic E-state index is 13.2. The number of pyridine rings is 1. The van der Waals surface area contributed by atoms with Crippen LogP contribution < -0.4 is 5.56 Å². The molecule has 7 nitrogen and oxygen atoms in total. The Bertz CT molecular complexity index is 900. The normalized spacial score (nSPS) is 17.1. The molecule has 3 heterocycles. The third kappa shape index (κ3) is 3.90. The first-order chi connectivity index (χ1) is 13.5. The van der Waals surface area contributed by atoms with Gasteiger partial charge in [-0.05, 0) is 37.8 Å². The van der Waals surface area contributed by atoms with Crippen LogP contribution in [0.25, 0.3) is 0 Å². The molecule has 1 amide bonds. The quantitative estimate of drug-likeness (QED) is 0.763. The molecule has 2 aromatic heterocycles. The molecule has 1 fully saturated rings. The summed E-state index contributed by atoms with van der Waals surface area (Å²) < 4.78 is 8.89. The van der Waals surface area contributed by atoms with Crippen LogP contribution in [0.2, 0.25) is 0 Å². The summed E-state index contributed by atoms with van der Waals surface area (Å²) in [5, 5.41) is 0. The smallest absolute Gasteiger partial charge is 0.263 e. The number of piperidine rings is 1. The van der Waals surface area contributed by atoms with Crippen molar-refractivity contribution in [2.75, 3.05) is 26.8 Å². The van der Waals surface area contributed by atoms with E-state index in [1.165, 1.54) is 0 Å². The highest BCUT2D eigenvalue weighted by molar-refractivity contribution is 5.94. The molecule has 0 aliphatic carbocycles. The Morgan fingerprint density at radius 1 is 1.39 bits per heavy atom. The summed E-state index contributed by atoms with van der Waals surface area (Å²) in [6, 6.07) is 1.76. The van der Waals surface area contributed by atoms with Gasteiger partial charge in [-0.25, -0.2) is 4.98 Å². The van der Waals surface area contributed by atoms with Gasteiger partial charge < -0.3 is 18.8 Å². The molecule has 3 rings (SSSR count). The van der Waals surface area contributed by atoms with Crippen LogP contribution in [0.4, 0.5) is 0 Å². The van der Waals surface area contributed by atoms with E-state index >= 15 is 0 Å². The molecule has 0 radical (unpaired) electrons. The van der Waals surface area contributed by atoms with Crippen LogP contribution in [-0.2, 0) is 24.8 Å². The van der Waals surface area contributed by atoms with Crippen molar-refractivity contribution in [2.45, 2.75) is 45.6 Å². The van der Waals surface area contributed by atoms with Gasteiger partial charge in [0.05, 0.1) is 6.61 Å². The number of aryl methyl sites for hydroxylation is 1. The highest BCUT2D eigenvalue weighted by Gasteiger charge is 2.29. The molecule has 0 N–H and O–H groups in total. The van der Waals surface area contributed by atoms with Gasteiger partial charge in [-0.2, -0.15) is 0 Å². The lowest BCUT2D eigenvalue weighted by Crippen LogP contribution is -2.42. The zero-order valence-electron chi connectivity index (χ0n) is 17.3. The van der Waals surface area contributed by atoms with E-state index in [9.17, 15) is 9.59 Å². The molecule has 1 aliphatic heterocycles. The Kier molecular flexibility index (Phi) is 6.34. The zero-order chi connectivity index (χ0) is 20.3. The first kappa shape index (κ1) is 20.3. The van der Waals surface area contributed by atoms with Crippen molar-refractivity contribution in [1.82, 2.24) is 19.0 Å². The van der Waals surface area contributed by atoms with Crippen molar-refractivity contribution in [3.8, 4) is 0 Å². The van der Waals surface area contributed by atoms with Crippen molar-refractivity contribution < 1.29 is 9.53 Å². The van der Waals surface area contributed by atoms with Crippen LogP contribution in [0.3, 0.4) is 0 Å². The van der Waals surface area contributed by atoms with E-state index in [4.69, 9.17) is 4.74 Å². The predicted molar refractivity (Wildman–Crippen MR) is 108 cm³/mol. The standard InChI is InChI=1S/C21H30N4O3/c1-5-18-15(2)13-17(20(26)23(18)3)21(27)25-9-6-7-16(14-25)19-22-8-10-24(19)11-12-28-4/h8,10,13,16H,5-7,9,11-12,14H2,1-4H3. The fourth-order valence-corrected chi connectivity index (χ4v) is 4.20. The number of hydrogen-bond acceptors (Lipinski definition) is 4. The lowest BCUT2D eigenvalue weighted by Gasteiger charge is -2.33. The lowest BCUT2D eigenvalue weighted by atomic mass is 9.96. The third-order valence-electron chi connectivity index (χ3n) is 5.68. The minimum atomic E-state index is -0.212. The van der Waals surface area contributed by atoms with E-state index in [1.807, 2.05) is 24.9 Å². The summed E-state index contributed by atoms with van der Waals surface area (Å²) in [6.07, 6.45) is 6.41. The monoisotopic (exact) mass is 386 g/mol. The van der Waals surface area contributed by atoms with Crippen LogP contribution in [0, 0.1) is 6.92 Å². The molecule has 1 aliphatic rings. The van der Waals surface area contributed by atoms with Gasteiger partial charge >= 0.3 is 0 Å². The molecule has 0 bridgehead atoms. The maximum Gasteiger partial charge on any atom is 0.263 e. The molecule has 0 spiro atoms. The Balaban J connectivity index is 1.83. The summed E-state index contributed by atoms with van der Waals surface area (Å²) in [6.45, 7) is 6.60. The van der Waals surface area contributed by atoms with E-state index in [-0.39, 0.29) is 22.9 Å². The van der Waals surface area contributed by atoms with Crippen LogP contribution in [0.1, 0.15) is 53.1 Å².